The van der Waals surface area contributed by atoms with Crippen molar-refractivity contribution in [3.05, 3.63) is 47.0 Å². The van der Waals surface area contributed by atoms with Crippen LogP contribution in [0.25, 0.3) is 16.9 Å². The SMILES string of the molecule is CC(C)N1CCC(c2nc3cc(-c4ccc(F)cc4F)nc(Cl)n3n2)CC1.Cl. The van der Waals surface area contributed by atoms with Crippen LogP contribution < -0.4 is 0 Å². The van der Waals surface area contributed by atoms with E-state index in [4.69, 9.17) is 11.6 Å². The van der Waals surface area contributed by atoms with Crippen molar-refractivity contribution in [1.82, 2.24) is 24.5 Å². The third-order valence-electron chi connectivity index (χ3n) is 5.13. The Balaban J connectivity index is 0.00000225. The Kier molecular flexibility index (Phi) is 6.17. The van der Waals surface area contributed by atoms with Crippen molar-refractivity contribution >= 4 is 29.7 Å². The Morgan fingerprint density at radius 2 is 1.82 bits per heavy atom. The number of hydrogen-bond donors (Lipinski definition) is 0. The Morgan fingerprint density at radius 1 is 1.11 bits per heavy atom. The molecule has 0 N–H and O–H groups in total. The molecule has 0 atom stereocenters. The monoisotopic (exact) mass is 427 g/mol. The molecule has 1 aliphatic heterocycles. The number of fused-ring (bicyclic) bond motifs is 1. The zero-order chi connectivity index (χ0) is 19.1. The molecule has 0 aliphatic carbocycles. The lowest BCUT2D eigenvalue weighted by molar-refractivity contribution is 0.169. The maximum absolute atomic E-state index is 14.1. The van der Waals surface area contributed by atoms with Gasteiger partial charge in [-0.2, -0.15) is 4.52 Å². The largest absolute Gasteiger partial charge is 0.301 e. The van der Waals surface area contributed by atoms with Crippen LogP contribution in [0.3, 0.4) is 0 Å². The van der Waals surface area contributed by atoms with Crippen LogP contribution in [-0.2, 0) is 0 Å². The average molecular weight is 428 g/mol. The zero-order valence-electron chi connectivity index (χ0n) is 15.6. The van der Waals surface area contributed by atoms with E-state index in [2.05, 4.69) is 33.8 Å². The van der Waals surface area contributed by atoms with Gasteiger partial charge in [0.2, 0.25) is 5.28 Å². The summed E-state index contributed by atoms with van der Waals surface area (Å²) in [5.74, 6) is -0.328. The Hall–Kier alpha value is -1.83. The fourth-order valence-electron chi connectivity index (χ4n) is 3.55. The van der Waals surface area contributed by atoms with Crippen molar-refractivity contribution in [3.63, 3.8) is 0 Å². The standard InChI is InChI=1S/C19H20ClF2N5.ClH/c1-11(2)26-7-5-12(6-8-26)18-24-17-10-16(23-19(20)27(17)25-18)14-4-3-13(21)9-15(14)22;/h3-4,9-12H,5-8H2,1-2H3;1H. The second-order valence-corrected chi connectivity index (χ2v) is 7.52. The molecule has 9 heteroatoms. The van der Waals surface area contributed by atoms with Gasteiger partial charge in [0.1, 0.15) is 11.6 Å². The second-order valence-electron chi connectivity index (χ2n) is 7.18. The van der Waals surface area contributed by atoms with E-state index in [-0.39, 0.29) is 29.2 Å². The van der Waals surface area contributed by atoms with Gasteiger partial charge in [-0.15, -0.1) is 17.5 Å². The molecule has 3 heterocycles. The van der Waals surface area contributed by atoms with Gasteiger partial charge in [-0.1, -0.05) is 0 Å². The summed E-state index contributed by atoms with van der Waals surface area (Å²) in [4.78, 5) is 11.3. The van der Waals surface area contributed by atoms with E-state index in [1.807, 2.05) is 0 Å². The molecule has 5 nitrogen and oxygen atoms in total. The van der Waals surface area contributed by atoms with Gasteiger partial charge in [0.05, 0.1) is 5.69 Å². The summed E-state index contributed by atoms with van der Waals surface area (Å²) in [6, 6.07) is 5.52. The Labute approximate surface area is 173 Å². The molecule has 0 saturated carbocycles. The first-order valence-electron chi connectivity index (χ1n) is 9.05. The normalized spacial score (nSPS) is 15.9. The van der Waals surface area contributed by atoms with Crippen LogP contribution in [0, 0.1) is 11.6 Å². The van der Waals surface area contributed by atoms with Crippen LogP contribution in [0.4, 0.5) is 8.78 Å². The molecule has 1 aromatic carbocycles. The second kappa shape index (κ2) is 8.27. The number of benzene rings is 1. The Morgan fingerprint density at radius 3 is 2.46 bits per heavy atom. The van der Waals surface area contributed by atoms with Crippen LogP contribution >= 0.6 is 24.0 Å². The van der Waals surface area contributed by atoms with Crippen molar-refractivity contribution in [2.75, 3.05) is 13.1 Å². The molecule has 2 aromatic heterocycles. The van der Waals surface area contributed by atoms with Gasteiger partial charge < -0.3 is 4.90 Å². The summed E-state index contributed by atoms with van der Waals surface area (Å²) in [5, 5.41) is 4.62. The molecule has 28 heavy (non-hydrogen) atoms. The highest BCUT2D eigenvalue weighted by atomic mass is 35.5. The van der Waals surface area contributed by atoms with E-state index in [0.29, 0.717) is 17.4 Å². The minimum absolute atomic E-state index is 0. The third kappa shape index (κ3) is 3.97. The number of nitrogens with zero attached hydrogens (tertiary/aromatic N) is 5. The predicted octanol–water partition coefficient (Wildman–Crippen LogP) is 4.73. The predicted molar refractivity (Wildman–Crippen MR) is 107 cm³/mol. The maximum atomic E-state index is 14.1. The fraction of sp³-hybridized carbons (Fsp3) is 0.421. The highest BCUT2D eigenvalue weighted by Gasteiger charge is 2.25. The molecule has 0 radical (unpaired) electrons. The van der Waals surface area contributed by atoms with Gasteiger partial charge in [0, 0.05) is 29.7 Å². The van der Waals surface area contributed by atoms with E-state index in [0.717, 1.165) is 37.8 Å². The minimum Gasteiger partial charge on any atom is -0.301 e. The lowest BCUT2D eigenvalue weighted by Crippen LogP contribution is -2.38. The molecule has 4 rings (SSSR count). The van der Waals surface area contributed by atoms with Gasteiger partial charge in [0.25, 0.3) is 0 Å². The number of aromatic nitrogens is 4. The third-order valence-corrected chi connectivity index (χ3v) is 5.38. The molecule has 1 aliphatic rings. The minimum atomic E-state index is -0.691. The van der Waals surface area contributed by atoms with E-state index in [1.165, 1.54) is 16.6 Å². The van der Waals surface area contributed by atoms with Crippen molar-refractivity contribution in [2.24, 2.45) is 0 Å². The van der Waals surface area contributed by atoms with E-state index in [9.17, 15) is 8.78 Å². The Bertz CT molecular complexity index is 984. The van der Waals surface area contributed by atoms with Gasteiger partial charge in [-0.25, -0.2) is 18.7 Å². The molecule has 0 amide bonds. The quantitative estimate of drug-likeness (QED) is 0.566. The van der Waals surface area contributed by atoms with Crippen LogP contribution in [-0.4, -0.2) is 43.6 Å². The van der Waals surface area contributed by atoms with Gasteiger partial charge in [0.15, 0.2) is 11.5 Å². The lowest BCUT2D eigenvalue weighted by Gasteiger charge is -2.33. The van der Waals surface area contributed by atoms with Gasteiger partial charge in [-0.05, 0) is 63.5 Å². The number of rotatable bonds is 3. The molecule has 0 unspecified atom stereocenters. The molecule has 150 valence electrons. The summed E-state index contributed by atoms with van der Waals surface area (Å²) in [5.41, 5.74) is 0.990. The van der Waals surface area contributed by atoms with Crippen molar-refractivity contribution in [1.29, 1.82) is 0 Å². The first kappa shape index (κ1) is 20.9. The highest BCUT2D eigenvalue weighted by Crippen LogP contribution is 2.29. The van der Waals surface area contributed by atoms with E-state index < -0.39 is 11.6 Å². The van der Waals surface area contributed by atoms with Crippen LogP contribution in [0.5, 0.6) is 0 Å². The fourth-order valence-corrected chi connectivity index (χ4v) is 3.77. The van der Waals surface area contributed by atoms with Gasteiger partial charge >= 0.3 is 0 Å². The number of piperidine rings is 1. The van der Waals surface area contributed by atoms with Crippen molar-refractivity contribution < 1.29 is 8.78 Å². The summed E-state index contributed by atoms with van der Waals surface area (Å²) in [6.45, 7) is 6.42. The van der Waals surface area contributed by atoms with Gasteiger partial charge in [-0.3, -0.25) is 0 Å². The maximum Gasteiger partial charge on any atom is 0.226 e. The van der Waals surface area contributed by atoms with Crippen molar-refractivity contribution in [2.45, 2.75) is 38.6 Å². The lowest BCUT2D eigenvalue weighted by atomic mass is 9.95. The number of hydrogen-bond acceptors (Lipinski definition) is 4. The topological polar surface area (TPSA) is 46.3 Å². The molecule has 0 bridgehead atoms. The molecule has 1 fully saturated rings. The van der Waals surface area contributed by atoms with Crippen LogP contribution in [0.2, 0.25) is 5.28 Å². The molecule has 0 spiro atoms. The molecular formula is C19H21Cl2F2N5. The zero-order valence-corrected chi connectivity index (χ0v) is 17.1. The molecular weight excluding hydrogens is 407 g/mol. The molecule has 3 aromatic rings. The van der Waals surface area contributed by atoms with E-state index >= 15 is 0 Å². The van der Waals surface area contributed by atoms with Crippen LogP contribution in [0.1, 0.15) is 38.4 Å². The molecule has 1 saturated heterocycles. The first-order valence-corrected chi connectivity index (χ1v) is 9.43. The summed E-state index contributed by atoms with van der Waals surface area (Å²) < 4.78 is 28.7. The summed E-state index contributed by atoms with van der Waals surface area (Å²) >= 11 is 6.26. The van der Waals surface area contributed by atoms with Crippen molar-refractivity contribution in [3.8, 4) is 11.3 Å². The number of halogens is 4. The van der Waals surface area contributed by atoms with Crippen LogP contribution in [0.15, 0.2) is 24.3 Å². The first-order chi connectivity index (χ1) is 12.9. The highest BCUT2D eigenvalue weighted by molar-refractivity contribution is 6.28. The summed E-state index contributed by atoms with van der Waals surface area (Å²) in [6.07, 6.45) is 1.97. The smallest absolute Gasteiger partial charge is 0.226 e. The number of likely N-dealkylation sites (tertiary alicyclic amines) is 1. The summed E-state index contributed by atoms with van der Waals surface area (Å²) in [7, 11) is 0. The van der Waals surface area contributed by atoms with E-state index in [1.54, 1.807) is 6.07 Å². The average Bonchev–Trinajstić information content (AvgIpc) is 3.06.